The molecule has 3 amide bonds. The van der Waals surface area contributed by atoms with Crippen molar-refractivity contribution in [1.29, 1.82) is 0 Å². The van der Waals surface area contributed by atoms with Gasteiger partial charge in [0.25, 0.3) is 0 Å². The van der Waals surface area contributed by atoms with Crippen molar-refractivity contribution >= 4 is 17.6 Å². The van der Waals surface area contributed by atoms with Gasteiger partial charge in [-0.1, -0.05) is 13.3 Å². The molecule has 0 aromatic heterocycles. The van der Waals surface area contributed by atoms with Crippen molar-refractivity contribution in [3.63, 3.8) is 0 Å². The van der Waals surface area contributed by atoms with Gasteiger partial charge in [0.15, 0.2) is 0 Å². The zero-order valence-electron chi connectivity index (χ0n) is 15.8. The molecule has 26 heavy (non-hydrogen) atoms. The van der Waals surface area contributed by atoms with E-state index in [9.17, 15) is 14.0 Å². The maximum absolute atomic E-state index is 13.0. The van der Waals surface area contributed by atoms with E-state index in [2.05, 4.69) is 12.2 Å². The van der Waals surface area contributed by atoms with Crippen LogP contribution in [0.1, 0.15) is 45.4 Å². The van der Waals surface area contributed by atoms with E-state index in [-0.39, 0.29) is 17.8 Å². The van der Waals surface area contributed by atoms with Crippen molar-refractivity contribution in [2.24, 2.45) is 5.92 Å². The SMILES string of the molecule is CCCCN(C)C(=O)CC[C@@H]1CCCN(C(=O)Nc2ccc(F)cc2)C1. The molecular weight excluding hydrogens is 333 g/mol. The Hall–Kier alpha value is -2.11. The van der Waals surface area contributed by atoms with Gasteiger partial charge in [-0.2, -0.15) is 0 Å². The zero-order valence-corrected chi connectivity index (χ0v) is 15.8. The Balaban J connectivity index is 1.78. The molecule has 0 unspecified atom stereocenters. The van der Waals surface area contributed by atoms with Crippen LogP contribution in [0.5, 0.6) is 0 Å². The second-order valence-electron chi connectivity index (χ2n) is 7.10. The summed E-state index contributed by atoms with van der Waals surface area (Å²) in [4.78, 5) is 28.2. The standard InChI is InChI=1S/C20H30FN3O2/c1-3-4-13-23(2)19(25)12-7-16-6-5-14-24(15-16)20(26)22-18-10-8-17(21)9-11-18/h8-11,16H,3-7,12-15H2,1-2H3,(H,22,26)/t16-/m0/s1. The number of anilines is 1. The fourth-order valence-corrected chi connectivity index (χ4v) is 3.26. The number of hydrogen-bond donors (Lipinski definition) is 1. The molecular formula is C20H30FN3O2. The Labute approximate surface area is 155 Å². The smallest absolute Gasteiger partial charge is 0.321 e. The second kappa shape index (κ2) is 10.1. The van der Waals surface area contributed by atoms with E-state index in [0.29, 0.717) is 31.1 Å². The summed E-state index contributed by atoms with van der Waals surface area (Å²) in [5.41, 5.74) is 0.589. The Bertz CT molecular complexity index is 591. The molecule has 1 aromatic carbocycles. The largest absolute Gasteiger partial charge is 0.346 e. The molecule has 0 bridgehead atoms. The zero-order chi connectivity index (χ0) is 18.9. The van der Waals surface area contributed by atoms with Crippen LogP contribution in [0.2, 0.25) is 0 Å². The van der Waals surface area contributed by atoms with Crippen LogP contribution >= 0.6 is 0 Å². The highest BCUT2D eigenvalue weighted by atomic mass is 19.1. The third-order valence-corrected chi connectivity index (χ3v) is 4.94. The number of urea groups is 1. The number of rotatable bonds is 7. The van der Waals surface area contributed by atoms with E-state index < -0.39 is 0 Å². The first kappa shape index (κ1) is 20.2. The minimum absolute atomic E-state index is 0.160. The van der Waals surface area contributed by atoms with Crippen LogP contribution in [-0.2, 0) is 4.79 Å². The molecule has 0 saturated carbocycles. The van der Waals surface area contributed by atoms with E-state index in [4.69, 9.17) is 0 Å². The molecule has 0 spiro atoms. The lowest BCUT2D eigenvalue weighted by molar-refractivity contribution is -0.130. The Morgan fingerprint density at radius 1 is 1.31 bits per heavy atom. The highest BCUT2D eigenvalue weighted by Gasteiger charge is 2.24. The van der Waals surface area contributed by atoms with Crippen LogP contribution in [-0.4, -0.2) is 48.4 Å². The van der Waals surface area contributed by atoms with Gasteiger partial charge in [0.1, 0.15) is 5.82 Å². The summed E-state index contributed by atoms with van der Waals surface area (Å²) in [5.74, 6) is 0.215. The van der Waals surface area contributed by atoms with Gasteiger partial charge in [0.2, 0.25) is 5.91 Å². The van der Waals surface area contributed by atoms with Gasteiger partial charge in [-0.15, -0.1) is 0 Å². The van der Waals surface area contributed by atoms with Gasteiger partial charge in [-0.05, 0) is 55.9 Å². The van der Waals surface area contributed by atoms with E-state index in [1.165, 1.54) is 12.1 Å². The molecule has 5 nitrogen and oxygen atoms in total. The minimum Gasteiger partial charge on any atom is -0.346 e. The lowest BCUT2D eigenvalue weighted by Gasteiger charge is -2.33. The predicted octanol–water partition coefficient (Wildman–Crippen LogP) is 4.11. The lowest BCUT2D eigenvalue weighted by atomic mass is 9.93. The number of benzene rings is 1. The van der Waals surface area contributed by atoms with Gasteiger partial charge in [0, 0.05) is 38.8 Å². The van der Waals surface area contributed by atoms with Crippen molar-refractivity contribution in [1.82, 2.24) is 9.80 Å². The van der Waals surface area contributed by atoms with Crippen LogP contribution in [0.15, 0.2) is 24.3 Å². The van der Waals surface area contributed by atoms with Crippen LogP contribution < -0.4 is 5.32 Å². The number of likely N-dealkylation sites (tertiary alicyclic amines) is 1. The van der Waals surface area contributed by atoms with Gasteiger partial charge < -0.3 is 15.1 Å². The summed E-state index contributed by atoms with van der Waals surface area (Å²) in [6.07, 6.45) is 5.46. The molecule has 1 atom stereocenters. The molecule has 1 aliphatic heterocycles. The number of carbonyl (C=O) groups excluding carboxylic acids is 2. The molecule has 1 aromatic rings. The Kier molecular flexibility index (Phi) is 7.88. The number of carbonyl (C=O) groups is 2. The van der Waals surface area contributed by atoms with Gasteiger partial charge in [0.05, 0.1) is 0 Å². The molecule has 1 saturated heterocycles. The highest BCUT2D eigenvalue weighted by molar-refractivity contribution is 5.89. The summed E-state index contributed by atoms with van der Waals surface area (Å²) >= 11 is 0. The molecule has 1 aliphatic rings. The third-order valence-electron chi connectivity index (χ3n) is 4.94. The van der Waals surface area contributed by atoms with E-state index in [1.807, 2.05) is 11.9 Å². The number of unbranched alkanes of at least 4 members (excludes halogenated alkanes) is 1. The van der Waals surface area contributed by atoms with Crippen molar-refractivity contribution in [3.05, 3.63) is 30.1 Å². The second-order valence-corrected chi connectivity index (χ2v) is 7.10. The summed E-state index contributed by atoms with van der Waals surface area (Å²) in [6, 6.07) is 5.61. The molecule has 1 fully saturated rings. The average Bonchev–Trinajstić information content (AvgIpc) is 2.66. The average molecular weight is 363 g/mol. The number of piperidine rings is 1. The van der Waals surface area contributed by atoms with Gasteiger partial charge in [-0.25, -0.2) is 9.18 Å². The molecule has 0 aliphatic carbocycles. The van der Waals surface area contributed by atoms with Crippen LogP contribution in [0.4, 0.5) is 14.9 Å². The van der Waals surface area contributed by atoms with Gasteiger partial charge >= 0.3 is 6.03 Å². The quantitative estimate of drug-likeness (QED) is 0.793. The van der Waals surface area contributed by atoms with E-state index in [1.54, 1.807) is 17.0 Å². The molecule has 144 valence electrons. The van der Waals surface area contributed by atoms with Crippen molar-refractivity contribution in [2.75, 3.05) is 32.0 Å². The first-order valence-electron chi connectivity index (χ1n) is 9.55. The summed E-state index contributed by atoms with van der Waals surface area (Å²) in [7, 11) is 1.86. The Morgan fingerprint density at radius 3 is 2.73 bits per heavy atom. The molecule has 2 rings (SSSR count). The van der Waals surface area contributed by atoms with Gasteiger partial charge in [-0.3, -0.25) is 4.79 Å². The number of hydrogen-bond acceptors (Lipinski definition) is 2. The minimum atomic E-state index is -0.324. The number of halogens is 1. The molecule has 1 heterocycles. The van der Waals surface area contributed by atoms with Crippen molar-refractivity contribution in [3.8, 4) is 0 Å². The normalized spacial score (nSPS) is 17.0. The lowest BCUT2D eigenvalue weighted by Crippen LogP contribution is -2.42. The summed E-state index contributed by atoms with van der Waals surface area (Å²) in [6.45, 7) is 4.31. The van der Waals surface area contributed by atoms with Crippen LogP contribution in [0, 0.1) is 11.7 Å². The van der Waals surface area contributed by atoms with Crippen molar-refractivity contribution in [2.45, 2.75) is 45.4 Å². The molecule has 6 heteroatoms. The predicted molar refractivity (Wildman–Crippen MR) is 101 cm³/mol. The first-order valence-corrected chi connectivity index (χ1v) is 9.55. The molecule has 1 N–H and O–H groups in total. The number of nitrogens with zero attached hydrogens (tertiary/aromatic N) is 2. The first-order chi connectivity index (χ1) is 12.5. The fraction of sp³-hybridized carbons (Fsp3) is 0.600. The highest BCUT2D eigenvalue weighted by Crippen LogP contribution is 2.22. The Morgan fingerprint density at radius 2 is 2.04 bits per heavy atom. The van der Waals surface area contributed by atoms with Crippen LogP contribution in [0.3, 0.4) is 0 Å². The van der Waals surface area contributed by atoms with E-state index in [0.717, 1.165) is 38.6 Å². The molecule has 0 radical (unpaired) electrons. The van der Waals surface area contributed by atoms with Crippen LogP contribution in [0.25, 0.3) is 0 Å². The summed E-state index contributed by atoms with van der Waals surface area (Å²) < 4.78 is 13.0. The fourth-order valence-electron chi connectivity index (χ4n) is 3.26. The topological polar surface area (TPSA) is 52.7 Å². The van der Waals surface area contributed by atoms with Crippen molar-refractivity contribution < 1.29 is 14.0 Å². The monoisotopic (exact) mass is 363 g/mol. The number of nitrogens with one attached hydrogen (secondary N) is 1. The maximum atomic E-state index is 13.0. The maximum Gasteiger partial charge on any atom is 0.321 e. The number of amides is 3. The van der Waals surface area contributed by atoms with E-state index >= 15 is 0 Å². The third kappa shape index (κ3) is 6.32. The summed E-state index contributed by atoms with van der Waals surface area (Å²) in [5, 5.41) is 2.81.